The van der Waals surface area contributed by atoms with Gasteiger partial charge in [-0.05, 0) is 49.7 Å². The maximum absolute atomic E-state index is 12.2. The summed E-state index contributed by atoms with van der Waals surface area (Å²) < 4.78 is 26.7. The fourth-order valence-electron chi connectivity index (χ4n) is 2.09. The van der Waals surface area contributed by atoms with Crippen LogP contribution in [0.3, 0.4) is 0 Å². The van der Waals surface area contributed by atoms with Gasteiger partial charge in [0, 0.05) is 17.8 Å². The molecule has 24 heavy (non-hydrogen) atoms. The number of rotatable bonds is 7. The van der Waals surface area contributed by atoms with Crippen LogP contribution in [0.15, 0.2) is 53.4 Å². The number of hydrogen-bond acceptors (Lipinski definition) is 3. The fraction of sp³-hybridized carbons (Fsp3) is 0.278. The van der Waals surface area contributed by atoms with E-state index in [1.165, 1.54) is 24.3 Å². The molecule has 2 aromatic carbocycles. The number of aryl methyl sites for hydroxylation is 1. The van der Waals surface area contributed by atoms with Gasteiger partial charge < -0.3 is 5.32 Å². The summed E-state index contributed by atoms with van der Waals surface area (Å²) in [4.78, 5) is 12.4. The highest BCUT2D eigenvalue weighted by molar-refractivity contribution is 7.89. The molecule has 0 heterocycles. The van der Waals surface area contributed by atoms with Crippen LogP contribution < -0.4 is 10.0 Å². The Morgan fingerprint density at radius 3 is 2.21 bits per heavy atom. The molecule has 5 nitrogen and oxygen atoms in total. The first-order chi connectivity index (χ1) is 11.4. The van der Waals surface area contributed by atoms with E-state index in [4.69, 9.17) is 0 Å². The minimum Gasteiger partial charge on any atom is -0.322 e. The minimum absolute atomic E-state index is 0.158. The summed E-state index contributed by atoms with van der Waals surface area (Å²) in [6.45, 7) is 4.38. The summed E-state index contributed by atoms with van der Waals surface area (Å²) in [6.07, 6.45) is 1.71. The van der Waals surface area contributed by atoms with Gasteiger partial charge in [-0.2, -0.15) is 0 Å². The molecule has 0 bridgehead atoms. The summed E-state index contributed by atoms with van der Waals surface area (Å²) in [6, 6.07) is 13.4. The van der Waals surface area contributed by atoms with Crippen molar-refractivity contribution < 1.29 is 13.2 Å². The molecule has 0 aliphatic heterocycles. The van der Waals surface area contributed by atoms with Gasteiger partial charge in [0.1, 0.15) is 0 Å². The number of nitrogens with one attached hydrogen (secondary N) is 2. The van der Waals surface area contributed by atoms with E-state index in [1.54, 1.807) is 0 Å². The van der Waals surface area contributed by atoms with Crippen LogP contribution in [0.5, 0.6) is 0 Å². The van der Waals surface area contributed by atoms with E-state index in [-0.39, 0.29) is 10.8 Å². The summed E-state index contributed by atoms with van der Waals surface area (Å²) in [5, 5.41) is 2.78. The van der Waals surface area contributed by atoms with Crippen molar-refractivity contribution in [3.63, 3.8) is 0 Å². The Bertz CT molecular complexity index is 782. The SMILES string of the molecule is CCCCNS(=O)(=O)c1ccc(C(=O)Nc2ccc(C)cc2)cc1. The average Bonchev–Trinajstić information content (AvgIpc) is 2.57. The zero-order valence-corrected chi connectivity index (χ0v) is 14.7. The molecule has 0 radical (unpaired) electrons. The Hall–Kier alpha value is -2.18. The quantitative estimate of drug-likeness (QED) is 0.755. The second kappa shape index (κ2) is 8.08. The van der Waals surface area contributed by atoms with E-state index in [1.807, 2.05) is 38.1 Å². The van der Waals surface area contributed by atoms with E-state index in [0.717, 1.165) is 18.4 Å². The Morgan fingerprint density at radius 2 is 1.62 bits per heavy atom. The predicted molar refractivity (Wildman–Crippen MR) is 95.7 cm³/mol. The normalized spacial score (nSPS) is 11.2. The average molecular weight is 346 g/mol. The molecular weight excluding hydrogens is 324 g/mol. The second-order valence-corrected chi connectivity index (χ2v) is 7.36. The molecule has 6 heteroatoms. The maximum atomic E-state index is 12.2. The Labute approximate surface area is 143 Å². The van der Waals surface area contributed by atoms with Gasteiger partial charge >= 0.3 is 0 Å². The molecule has 0 aliphatic rings. The highest BCUT2D eigenvalue weighted by Crippen LogP contribution is 2.14. The van der Waals surface area contributed by atoms with E-state index >= 15 is 0 Å². The Kier molecular flexibility index (Phi) is 6.11. The third-order valence-corrected chi connectivity index (χ3v) is 5.04. The molecule has 0 fully saturated rings. The Morgan fingerprint density at radius 1 is 1.00 bits per heavy atom. The van der Waals surface area contributed by atoms with Gasteiger partial charge in [0.15, 0.2) is 0 Å². The maximum Gasteiger partial charge on any atom is 0.255 e. The predicted octanol–water partition coefficient (Wildman–Crippen LogP) is 3.33. The van der Waals surface area contributed by atoms with Crippen LogP contribution in [-0.2, 0) is 10.0 Å². The number of benzene rings is 2. The monoisotopic (exact) mass is 346 g/mol. The molecule has 0 spiro atoms. The summed E-state index contributed by atoms with van der Waals surface area (Å²) in [5.41, 5.74) is 2.21. The van der Waals surface area contributed by atoms with Crippen molar-refractivity contribution in [2.75, 3.05) is 11.9 Å². The van der Waals surface area contributed by atoms with Crippen LogP contribution in [0.25, 0.3) is 0 Å². The second-order valence-electron chi connectivity index (χ2n) is 5.60. The van der Waals surface area contributed by atoms with Gasteiger partial charge in [0.25, 0.3) is 5.91 Å². The van der Waals surface area contributed by atoms with Crippen LogP contribution in [0.4, 0.5) is 5.69 Å². The molecule has 0 unspecified atom stereocenters. The van der Waals surface area contributed by atoms with E-state index in [2.05, 4.69) is 10.0 Å². The van der Waals surface area contributed by atoms with Crippen molar-refractivity contribution >= 4 is 21.6 Å². The largest absolute Gasteiger partial charge is 0.322 e. The number of carbonyl (C=O) groups is 1. The van der Waals surface area contributed by atoms with Gasteiger partial charge in [-0.3, -0.25) is 4.79 Å². The lowest BCUT2D eigenvalue weighted by atomic mass is 10.2. The summed E-state index contributed by atoms with van der Waals surface area (Å²) in [5.74, 6) is -0.276. The van der Waals surface area contributed by atoms with Crippen LogP contribution in [0.2, 0.25) is 0 Å². The van der Waals surface area contributed by atoms with Crippen molar-refractivity contribution in [2.45, 2.75) is 31.6 Å². The molecule has 2 N–H and O–H groups in total. The number of sulfonamides is 1. The first-order valence-electron chi connectivity index (χ1n) is 7.90. The molecule has 0 saturated heterocycles. The smallest absolute Gasteiger partial charge is 0.255 e. The molecule has 0 aliphatic carbocycles. The molecule has 2 rings (SSSR count). The third-order valence-electron chi connectivity index (χ3n) is 3.56. The standard InChI is InChI=1S/C18H22N2O3S/c1-3-4-13-19-24(22,23)17-11-7-15(8-12-17)18(21)20-16-9-5-14(2)6-10-16/h5-12,19H,3-4,13H2,1-2H3,(H,20,21). The van der Waals surface area contributed by atoms with Gasteiger partial charge in [0.2, 0.25) is 10.0 Å². The lowest BCUT2D eigenvalue weighted by molar-refractivity contribution is 0.102. The first-order valence-corrected chi connectivity index (χ1v) is 9.38. The Balaban J connectivity index is 2.05. The number of hydrogen-bond donors (Lipinski definition) is 2. The van der Waals surface area contributed by atoms with Crippen molar-refractivity contribution in [1.29, 1.82) is 0 Å². The van der Waals surface area contributed by atoms with Gasteiger partial charge in [-0.1, -0.05) is 31.0 Å². The highest BCUT2D eigenvalue weighted by atomic mass is 32.2. The van der Waals surface area contributed by atoms with Crippen molar-refractivity contribution in [2.24, 2.45) is 0 Å². The van der Waals surface area contributed by atoms with Crippen LogP contribution in [0, 0.1) is 6.92 Å². The number of unbranched alkanes of at least 4 members (excludes halogenated alkanes) is 1. The van der Waals surface area contributed by atoms with Gasteiger partial charge in [-0.15, -0.1) is 0 Å². The number of carbonyl (C=O) groups excluding carboxylic acids is 1. The van der Waals surface area contributed by atoms with Gasteiger partial charge in [-0.25, -0.2) is 13.1 Å². The molecule has 2 aromatic rings. The van der Waals surface area contributed by atoms with E-state index in [9.17, 15) is 13.2 Å². The molecular formula is C18H22N2O3S. The van der Waals surface area contributed by atoms with Crippen molar-refractivity contribution in [1.82, 2.24) is 4.72 Å². The van der Waals surface area contributed by atoms with Crippen LogP contribution >= 0.6 is 0 Å². The van der Waals surface area contributed by atoms with Crippen LogP contribution in [-0.4, -0.2) is 20.9 Å². The molecule has 0 atom stereocenters. The fourth-order valence-corrected chi connectivity index (χ4v) is 3.17. The van der Waals surface area contributed by atoms with Gasteiger partial charge in [0.05, 0.1) is 4.90 Å². The number of amides is 1. The minimum atomic E-state index is -3.52. The molecule has 0 aromatic heterocycles. The molecule has 1 amide bonds. The topological polar surface area (TPSA) is 75.3 Å². The van der Waals surface area contributed by atoms with E-state index < -0.39 is 10.0 Å². The zero-order valence-electron chi connectivity index (χ0n) is 13.9. The zero-order chi connectivity index (χ0) is 17.6. The number of anilines is 1. The lowest BCUT2D eigenvalue weighted by Gasteiger charge is -2.08. The lowest BCUT2D eigenvalue weighted by Crippen LogP contribution is -2.24. The van der Waals surface area contributed by atoms with Crippen molar-refractivity contribution in [3.05, 3.63) is 59.7 Å². The molecule has 128 valence electrons. The van der Waals surface area contributed by atoms with E-state index in [0.29, 0.717) is 17.8 Å². The third kappa shape index (κ3) is 4.91. The first kappa shape index (κ1) is 18.2. The summed E-state index contributed by atoms with van der Waals surface area (Å²) >= 11 is 0. The highest BCUT2D eigenvalue weighted by Gasteiger charge is 2.14. The van der Waals surface area contributed by atoms with Crippen molar-refractivity contribution in [3.8, 4) is 0 Å². The van der Waals surface area contributed by atoms with Crippen LogP contribution in [0.1, 0.15) is 35.7 Å². The molecule has 0 saturated carbocycles. The summed E-state index contributed by atoms with van der Waals surface area (Å²) in [7, 11) is -3.52.